The van der Waals surface area contributed by atoms with Gasteiger partial charge >= 0.3 is 0 Å². The van der Waals surface area contributed by atoms with E-state index in [-0.39, 0.29) is 12.3 Å². The quantitative estimate of drug-likeness (QED) is 0.456. The highest BCUT2D eigenvalue weighted by atomic mass is 32.1. The molecule has 0 unspecified atom stereocenters. The van der Waals surface area contributed by atoms with Crippen molar-refractivity contribution in [3.63, 3.8) is 0 Å². The lowest BCUT2D eigenvalue weighted by Crippen LogP contribution is -2.20. The van der Waals surface area contributed by atoms with Gasteiger partial charge < -0.3 is 18.8 Å². The molecule has 6 nitrogen and oxygen atoms in total. The van der Waals surface area contributed by atoms with Gasteiger partial charge in [-0.3, -0.25) is 4.79 Å². The zero-order chi connectivity index (χ0) is 22.4. The van der Waals surface area contributed by atoms with Crippen LogP contribution in [0.1, 0.15) is 37.8 Å². The maximum absolute atomic E-state index is 12.8. The smallest absolute Gasteiger partial charge is 0.252 e. The van der Waals surface area contributed by atoms with Gasteiger partial charge in [-0.2, -0.15) is 4.99 Å². The van der Waals surface area contributed by atoms with Crippen LogP contribution in [0, 0.1) is 0 Å². The van der Waals surface area contributed by atoms with E-state index in [1.165, 1.54) is 16.9 Å². The second-order valence-corrected chi connectivity index (χ2v) is 8.44. The molecule has 0 atom stereocenters. The zero-order valence-corrected chi connectivity index (χ0v) is 19.6. The van der Waals surface area contributed by atoms with Gasteiger partial charge in [0.1, 0.15) is 21.7 Å². The molecule has 0 aliphatic heterocycles. The summed E-state index contributed by atoms with van der Waals surface area (Å²) >= 11 is 1.42. The molecule has 166 valence electrons. The minimum Gasteiger partial charge on any atom is -0.495 e. The molecule has 0 aliphatic carbocycles. The van der Waals surface area contributed by atoms with Crippen LogP contribution in [0.25, 0.3) is 10.2 Å². The minimum atomic E-state index is -0.188. The fraction of sp³-hybridized carbons (Fsp3) is 0.417. The third-order valence-electron chi connectivity index (χ3n) is 5.08. The van der Waals surface area contributed by atoms with Gasteiger partial charge in [0.15, 0.2) is 4.80 Å². The summed E-state index contributed by atoms with van der Waals surface area (Å²) in [4.78, 5) is 17.9. The van der Waals surface area contributed by atoms with Gasteiger partial charge in [-0.15, -0.1) is 0 Å². The van der Waals surface area contributed by atoms with E-state index in [4.69, 9.17) is 14.2 Å². The minimum absolute atomic E-state index is 0.188. The maximum atomic E-state index is 12.8. The Morgan fingerprint density at radius 3 is 2.35 bits per heavy atom. The van der Waals surface area contributed by atoms with Crippen LogP contribution in [0.5, 0.6) is 11.5 Å². The summed E-state index contributed by atoms with van der Waals surface area (Å²) in [6, 6.07) is 11.9. The third-order valence-corrected chi connectivity index (χ3v) is 6.17. The first-order chi connectivity index (χ1) is 15.0. The lowest BCUT2D eigenvalue weighted by Gasteiger charge is -2.10. The molecule has 0 saturated heterocycles. The first-order valence-electron chi connectivity index (χ1n) is 10.5. The lowest BCUT2D eigenvalue weighted by atomic mass is 10.0. The number of carbonyl (C=O) groups is 1. The number of methoxy groups -OCH3 is 2. The molecule has 7 heteroatoms. The Balaban J connectivity index is 2.01. The summed E-state index contributed by atoms with van der Waals surface area (Å²) in [5, 5.41) is 0. The van der Waals surface area contributed by atoms with Gasteiger partial charge in [0.2, 0.25) is 0 Å². The molecule has 2 aromatic carbocycles. The van der Waals surface area contributed by atoms with E-state index in [0.29, 0.717) is 36.2 Å². The zero-order valence-electron chi connectivity index (χ0n) is 18.8. The molecule has 1 amide bonds. The Bertz CT molecular complexity index is 1100. The SMILES string of the molecule is CCOCCn1c(=NC(=O)Cc2ccc(C(C)C)cc2)sc2c(OC)ccc(OC)c21. The summed E-state index contributed by atoms with van der Waals surface area (Å²) in [6.07, 6.45) is 0.256. The molecule has 3 aromatic rings. The number of fused-ring (bicyclic) bond motifs is 1. The fourth-order valence-electron chi connectivity index (χ4n) is 3.39. The summed E-state index contributed by atoms with van der Waals surface area (Å²) < 4.78 is 19.6. The van der Waals surface area contributed by atoms with Gasteiger partial charge in [0.05, 0.1) is 27.2 Å². The van der Waals surface area contributed by atoms with Crippen LogP contribution in [-0.4, -0.2) is 37.9 Å². The van der Waals surface area contributed by atoms with Crippen LogP contribution >= 0.6 is 11.3 Å². The Morgan fingerprint density at radius 2 is 1.74 bits per heavy atom. The number of hydrogen-bond donors (Lipinski definition) is 0. The van der Waals surface area contributed by atoms with Crippen LogP contribution in [0.15, 0.2) is 41.4 Å². The topological polar surface area (TPSA) is 62.1 Å². The van der Waals surface area contributed by atoms with Crippen molar-refractivity contribution in [2.24, 2.45) is 4.99 Å². The van der Waals surface area contributed by atoms with E-state index in [2.05, 4.69) is 31.0 Å². The van der Waals surface area contributed by atoms with Gasteiger partial charge in [0.25, 0.3) is 5.91 Å². The highest BCUT2D eigenvalue weighted by Crippen LogP contribution is 2.35. The largest absolute Gasteiger partial charge is 0.495 e. The van der Waals surface area contributed by atoms with Crippen molar-refractivity contribution < 1.29 is 19.0 Å². The second kappa shape index (κ2) is 10.6. The van der Waals surface area contributed by atoms with E-state index in [9.17, 15) is 4.79 Å². The molecular weight excluding hydrogens is 412 g/mol. The number of amides is 1. The molecule has 31 heavy (non-hydrogen) atoms. The molecule has 0 fully saturated rings. The van der Waals surface area contributed by atoms with E-state index >= 15 is 0 Å². The monoisotopic (exact) mass is 442 g/mol. The molecule has 1 aromatic heterocycles. The third kappa shape index (κ3) is 5.35. The predicted octanol–water partition coefficient (Wildman–Crippen LogP) is 4.55. The van der Waals surface area contributed by atoms with E-state index < -0.39 is 0 Å². The standard InChI is InChI=1S/C24H30N2O4S/c1-6-30-14-13-26-22-19(28-4)11-12-20(29-5)23(22)31-24(26)25-21(27)15-17-7-9-18(10-8-17)16(2)3/h7-12,16H,6,13-15H2,1-5H3. The van der Waals surface area contributed by atoms with Gasteiger partial charge in [0, 0.05) is 13.2 Å². The summed E-state index contributed by atoms with van der Waals surface area (Å²) in [6.45, 7) is 7.97. The number of hydrogen-bond acceptors (Lipinski definition) is 5. The Kier molecular flexibility index (Phi) is 7.87. The second-order valence-electron chi connectivity index (χ2n) is 7.46. The number of thiazole rings is 1. The van der Waals surface area contributed by atoms with Crippen LogP contribution in [-0.2, 0) is 22.5 Å². The van der Waals surface area contributed by atoms with Gasteiger partial charge in [-0.05, 0) is 36.1 Å². The van der Waals surface area contributed by atoms with E-state index in [0.717, 1.165) is 21.5 Å². The molecule has 0 saturated carbocycles. The first kappa shape index (κ1) is 23.0. The van der Waals surface area contributed by atoms with Crippen molar-refractivity contribution in [1.29, 1.82) is 0 Å². The Morgan fingerprint density at radius 1 is 1.06 bits per heavy atom. The molecule has 0 bridgehead atoms. The Hall–Kier alpha value is -2.64. The van der Waals surface area contributed by atoms with Crippen molar-refractivity contribution in [3.05, 3.63) is 52.3 Å². The van der Waals surface area contributed by atoms with Crippen molar-refractivity contribution >= 4 is 27.5 Å². The Labute approximate surface area is 187 Å². The molecule has 3 rings (SSSR count). The summed E-state index contributed by atoms with van der Waals surface area (Å²) in [5.74, 6) is 1.71. The molecule has 0 radical (unpaired) electrons. The normalized spacial score (nSPS) is 12.0. The van der Waals surface area contributed by atoms with Crippen molar-refractivity contribution in [2.75, 3.05) is 27.4 Å². The lowest BCUT2D eigenvalue weighted by molar-refractivity contribution is -0.117. The average Bonchev–Trinajstić information content (AvgIpc) is 3.11. The van der Waals surface area contributed by atoms with Gasteiger partial charge in [-0.25, -0.2) is 0 Å². The van der Waals surface area contributed by atoms with Crippen molar-refractivity contribution in [2.45, 2.75) is 39.7 Å². The molecule has 1 heterocycles. The predicted molar refractivity (Wildman–Crippen MR) is 124 cm³/mol. The van der Waals surface area contributed by atoms with Crippen LogP contribution in [0.3, 0.4) is 0 Å². The summed E-state index contributed by atoms with van der Waals surface area (Å²) in [7, 11) is 3.27. The molecule has 0 aliphatic rings. The van der Waals surface area contributed by atoms with Crippen LogP contribution < -0.4 is 14.3 Å². The molecular formula is C24H30N2O4S. The number of benzene rings is 2. The van der Waals surface area contributed by atoms with E-state index in [1.807, 2.05) is 35.8 Å². The molecule has 0 spiro atoms. The summed E-state index contributed by atoms with van der Waals surface area (Å²) in [5.41, 5.74) is 3.07. The van der Waals surface area contributed by atoms with Crippen molar-refractivity contribution in [3.8, 4) is 11.5 Å². The number of carbonyl (C=O) groups excluding carboxylic acids is 1. The first-order valence-corrected chi connectivity index (χ1v) is 11.3. The highest BCUT2D eigenvalue weighted by Gasteiger charge is 2.16. The number of rotatable bonds is 9. The maximum Gasteiger partial charge on any atom is 0.252 e. The van der Waals surface area contributed by atoms with Gasteiger partial charge in [-0.1, -0.05) is 49.4 Å². The van der Waals surface area contributed by atoms with Crippen LogP contribution in [0.4, 0.5) is 0 Å². The molecule has 0 N–H and O–H groups in total. The fourth-order valence-corrected chi connectivity index (χ4v) is 4.57. The number of aromatic nitrogens is 1. The number of ether oxygens (including phenoxy) is 3. The van der Waals surface area contributed by atoms with E-state index in [1.54, 1.807) is 14.2 Å². The number of nitrogens with zero attached hydrogens (tertiary/aromatic N) is 2. The van der Waals surface area contributed by atoms with Crippen LogP contribution in [0.2, 0.25) is 0 Å². The average molecular weight is 443 g/mol. The van der Waals surface area contributed by atoms with Crippen molar-refractivity contribution in [1.82, 2.24) is 4.57 Å². The highest BCUT2D eigenvalue weighted by molar-refractivity contribution is 7.16.